The van der Waals surface area contributed by atoms with Gasteiger partial charge in [-0.05, 0) is 55.4 Å². The lowest BCUT2D eigenvalue weighted by Crippen LogP contribution is -2.36. The number of carbonyl (C=O) groups is 1. The van der Waals surface area contributed by atoms with Crippen molar-refractivity contribution in [3.8, 4) is 5.75 Å². The van der Waals surface area contributed by atoms with Gasteiger partial charge in [-0.15, -0.1) is 0 Å². The quantitative estimate of drug-likeness (QED) is 0.933. The van der Waals surface area contributed by atoms with Crippen molar-refractivity contribution in [2.75, 3.05) is 13.1 Å². The highest BCUT2D eigenvalue weighted by molar-refractivity contribution is 5.95. The molecule has 23 heavy (non-hydrogen) atoms. The van der Waals surface area contributed by atoms with E-state index < -0.39 is 0 Å². The van der Waals surface area contributed by atoms with Crippen LogP contribution in [-0.2, 0) is 12.8 Å². The molecule has 0 radical (unpaired) electrons. The first kappa shape index (κ1) is 15.6. The maximum absolute atomic E-state index is 12.8. The smallest absolute Gasteiger partial charge is 0.254 e. The summed E-state index contributed by atoms with van der Waals surface area (Å²) in [7, 11) is 0. The Balaban J connectivity index is 1.75. The second-order valence-electron chi connectivity index (χ2n) is 6.14. The van der Waals surface area contributed by atoms with Crippen molar-refractivity contribution in [2.24, 2.45) is 0 Å². The second kappa shape index (κ2) is 7.32. The number of piperidine rings is 1. The molecule has 1 aliphatic rings. The second-order valence-corrected chi connectivity index (χ2v) is 6.14. The zero-order valence-corrected chi connectivity index (χ0v) is 13.4. The van der Waals surface area contributed by atoms with E-state index >= 15 is 0 Å². The molecular formula is C20H23NO2. The summed E-state index contributed by atoms with van der Waals surface area (Å²) < 4.78 is 0. The van der Waals surface area contributed by atoms with Crippen LogP contribution in [0.15, 0.2) is 48.5 Å². The summed E-state index contributed by atoms with van der Waals surface area (Å²) in [5.74, 6) is 0.477. The number of phenolic OH excluding ortho intramolecular Hbond substituents is 1. The summed E-state index contributed by atoms with van der Waals surface area (Å²) in [4.78, 5) is 14.7. The SMILES string of the molecule is O=C(c1ccccc1CCc1ccccc1O)N1CCCCC1. The number of aromatic hydroxyl groups is 1. The molecule has 0 unspecified atom stereocenters. The highest BCUT2D eigenvalue weighted by Crippen LogP contribution is 2.21. The van der Waals surface area contributed by atoms with Gasteiger partial charge >= 0.3 is 0 Å². The van der Waals surface area contributed by atoms with Gasteiger partial charge in [0.05, 0.1) is 0 Å². The van der Waals surface area contributed by atoms with E-state index in [-0.39, 0.29) is 5.91 Å². The fourth-order valence-electron chi connectivity index (χ4n) is 3.21. The molecule has 0 bridgehead atoms. The zero-order chi connectivity index (χ0) is 16.1. The number of carbonyl (C=O) groups excluding carboxylic acids is 1. The molecule has 3 nitrogen and oxygen atoms in total. The highest BCUT2D eigenvalue weighted by Gasteiger charge is 2.20. The van der Waals surface area contributed by atoms with Crippen molar-refractivity contribution in [3.63, 3.8) is 0 Å². The third-order valence-corrected chi connectivity index (χ3v) is 4.55. The van der Waals surface area contributed by atoms with E-state index in [2.05, 4.69) is 0 Å². The molecule has 2 aromatic carbocycles. The lowest BCUT2D eigenvalue weighted by Gasteiger charge is -2.27. The minimum Gasteiger partial charge on any atom is -0.508 e. The number of phenols is 1. The standard InChI is InChI=1S/C20H23NO2/c22-19-11-5-3-9-17(19)13-12-16-8-2-4-10-18(16)20(23)21-14-6-1-7-15-21/h2-5,8-11,22H,1,6-7,12-15H2. The fraction of sp³-hybridized carbons (Fsp3) is 0.350. The molecule has 1 amide bonds. The number of para-hydroxylation sites is 1. The molecule has 2 aromatic rings. The normalized spacial score (nSPS) is 14.7. The molecule has 0 aliphatic carbocycles. The van der Waals surface area contributed by atoms with Crippen LogP contribution < -0.4 is 0 Å². The van der Waals surface area contributed by atoms with Crippen LogP contribution in [0.3, 0.4) is 0 Å². The van der Waals surface area contributed by atoms with Crippen molar-refractivity contribution in [1.29, 1.82) is 0 Å². The Hall–Kier alpha value is -2.29. The van der Waals surface area contributed by atoms with Crippen LogP contribution in [-0.4, -0.2) is 29.0 Å². The van der Waals surface area contributed by atoms with Gasteiger partial charge in [0.15, 0.2) is 0 Å². The van der Waals surface area contributed by atoms with Gasteiger partial charge in [-0.25, -0.2) is 0 Å². The molecule has 0 atom stereocenters. The van der Waals surface area contributed by atoms with Gasteiger partial charge in [0, 0.05) is 18.7 Å². The molecule has 1 fully saturated rings. The van der Waals surface area contributed by atoms with E-state index in [1.807, 2.05) is 47.4 Å². The first-order valence-corrected chi connectivity index (χ1v) is 8.40. The predicted molar refractivity (Wildman–Crippen MR) is 91.7 cm³/mol. The van der Waals surface area contributed by atoms with Crippen LogP contribution in [0.25, 0.3) is 0 Å². The van der Waals surface area contributed by atoms with Crippen LogP contribution in [0.5, 0.6) is 5.75 Å². The average Bonchev–Trinajstić information content (AvgIpc) is 2.61. The lowest BCUT2D eigenvalue weighted by atomic mass is 9.98. The first-order chi connectivity index (χ1) is 11.3. The summed E-state index contributed by atoms with van der Waals surface area (Å²) in [5.41, 5.74) is 2.80. The molecule has 1 aliphatic heterocycles. The van der Waals surface area contributed by atoms with Gasteiger partial charge < -0.3 is 10.0 Å². The summed E-state index contributed by atoms with van der Waals surface area (Å²) in [6, 6.07) is 15.3. The van der Waals surface area contributed by atoms with Crippen molar-refractivity contribution in [3.05, 3.63) is 65.2 Å². The van der Waals surface area contributed by atoms with Crippen LogP contribution in [0.2, 0.25) is 0 Å². The zero-order valence-electron chi connectivity index (χ0n) is 13.4. The molecule has 1 saturated heterocycles. The molecule has 120 valence electrons. The maximum Gasteiger partial charge on any atom is 0.254 e. The molecule has 0 saturated carbocycles. The fourth-order valence-corrected chi connectivity index (χ4v) is 3.21. The minimum absolute atomic E-state index is 0.151. The van der Waals surface area contributed by atoms with E-state index in [1.54, 1.807) is 6.07 Å². The third-order valence-electron chi connectivity index (χ3n) is 4.55. The molecule has 1 N–H and O–H groups in total. The Labute approximate surface area is 137 Å². The summed E-state index contributed by atoms with van der Waals surface area (Å²) in [5, 5.41) is 9.90. The number of amides is 1. The topological polar surface area (TPSA) is 40.5 Å². The van der Waals surface area contributed by atoms with Crippen molar-refractivity contribution < 1.29 is 9.90 Å². The van der Waals surface area contributed by atoms with E-state index in [0.29, 0.717) is 5.75 Å². The van der Waals surface area contributed by atoms with E-state index in [1.165, 1.54) is 6.42 Å². The summed E-state index contributed by atoms with van der Waals surface area (Å²) in [6.07, 6.45) is 4.92. The molecule has 3 rings (SSSR count). The van der Waals surface area contributed by atoms with Crippen molar-refractivity contribution >= 4 is 5.91 Å². The third kappa shape index (κ3) is 3.73. The Morgan fingerprint density at radius 3 is 2.22 bits per heavy atom. The Morgan fingerprint density at radius 1 is 0.870 bits per heavy atom. The van der Waals surface area contributed by atoms with Crippen LogP contribution in [0.4, 0.5) is 0 Å². The lowest BCUT2D eigenvalue weighted by molar-refractivity contribution is 0.0723. The number of likely N-dealkylation sites (tertiary alicyclic amines) is 1. The summed E-state index contributed by atoms with van der Waals surface area (Å²) in [6.45, 7) is 1.74. The van der Waals surface area contributed by atoms with Gasteiger partial charge in [0.25, 0.3) is 5.91 Å². The van der Waals surface area contributed by atoms with Gasteiger partial charge in [0.1, 0.15) is 5.75 Å². The van der Waals surface area contributed by atoms with E-state index in [0.717, 1.165) is 55.5 Å². The average molecular weight is 309 g/mol. The maximum atomic E-state index is 12.8. The minimum atomic E-state index is 0.151. The number of hydrogen-bond donors (Lipinski definition) is 1. The number of benzene rings is 2. The van der Waals surface area contributed by atoms with Gasteiger partial charge in [-0.1, -0.05) is 36.4 Å². The van der Waals surface area contributed by atoms with E-state index in [4.69, 9.17) is 0 Å². The number of aryl methyl sites for hydroxylation is 2. The largest absolute Gasteiger partial charge is 0.508 e. The Morgan fingerprint density at radius 2 is 1.48 bits per heavy atom. The molecule has 1 heterocycles. The number of rotatable bonds is 4. The highest BCUT2D eigenvalue weighted by atomic mass is 16.3. The Bertz CT molecular complexity index is 675. The molecule has 3 heteroatoms. The van der Waals surface area contributed by atoms with Gasteiger partial charge in [0.2, 0.25) is 0 Å². The van der Waals surface area contributed by atoms with E-state index in [9.17, 15) is 9.90 Å². The van der Waals surface area contributed by atoms with Gasteiger partial charge in [-0.3, -0.25) is 4.79 Å². The molecule has 0 spiro atoms. The molecular weight excluding hydrogens is 286 g/mol. The monoisotopic (exact) mass is 309 g/mol. The number of hydrogen-bond acceptors (Lipinski definition) is 2. The van der Waals surface area contributed by atoms with Crippen molar-refractivity contribution in [1.82, 2.24) is 4.90 Å². The molecule has 0 aromatic heterocycles. The first-order valence-electron chi connectivity index (χ1n) is 8.40. The van der Waals surface area contributed by atoms with Gasteiger partial charge in [-0.2, -0.15) is 0 Å². The number of nitrogens with zero attached hydrogens (tertiary/aromatic N) is 1. The van der Waals surface area contributed by atoms with Crippen LogP contribution in [0.1, 0.15) is 40.7 Å². The summed E-state index contributed by atoms with van der Waals surface area (Å²) >= 11 is 0. The van der Waals surface area contributed by atoms with Crippen LogP contribution >= 0.6 is 0 Å². The Kier molecular flexibility index (Phi) is 4.96. The van der Waals surface area contributed by atoms with Crippen LogP contribution in [0, 0.1) is 0 Å². The van der Waals surface area contributed by atoms with Crippen molar-refractivity contribution in [2.45, 2.75) is 32.1 Å². The predicted octanol–water partition coefficient (Wildman–Crippen LogP) is 3.80.